The maximum atomic E-state index is 6.12. The molecular formula is C14H13BrCl2N2. The Bertz CT molecular complexity index is 536. The highest BCUT2D eigenvalue weighted by Crippen LogP contribution is 2.24. The van der Waals surface area contributed by atoms with Crippen molar-refractivity contribution in [3.05, 3.63) is 56.5 Å². The topological polar surface area (TPSA) is 38.0 Å². The molecule has 0 aliphatic rings. The van der Waals surface area contributed by atoms with Crippen LogP contribution in [-0.2, 0) is 6.42 Å². The van der Waals surface area contributed by atoms with Crippen molar-refractivity contribution in [2.24, 2.45) is 0 Å². The third-order valence-corrected chi connectivity index (χ3v) is 3.82. The van der Waals surface area contributed by atoms with Gasteiger partial charge in [-0.1, -0.05) is 45.2 Å². The monoisotopic (exact) mass is 358 g/mol. The van der Waals surface area contributed by atoms with E-state index in [0.717, 1.165) is 34.4 Å². The molecule has 0 bridgehead atoms. The van der Waals surface area contributed by atoms with Gasteiger partial charge in [-0.15, -0.1) is 0 Å². The second kappa shape index (κ2) is 6.51. The zero-order valence-corrected chi connectivity index (χ0v) is 13.2. The maximum Gasteiger partial charge on any atom is 0.0574 e. The number of nitrogens with one attached hydrogen (secondary N) is 1. The SMILES string of the molecule is Nc1cc(Br)ccc1NCCc1ccc(Cl)cc1Cl. The molecule has 2 aromatic carbocycles. The molecule has 100 valence electrons. The minimum atomic E-state index is 0.652. The van der Waals surface area contributed by atoms with E-state index in [2.05, 4.69) is 21.2 Å². The molecule has 2 nitrogen and oxygen atoms in total. The first-order valence-corrected chi connectivity index (χ1v) is 7.34. The van der Waals surface area contributed by atoms with Crippen LogP contribution >= 0.6 is 39.1 Å². The predicted molar refractivity (Wildman–Crippen MR) is 87.2 cm³/mol. The van der Waals surface area contributed by atoms with E-state index in [0.29, 0.717) is 10.0 Å². The molecule has 0 atom stereocenters. The predicted octanol–water partition coefficient (Wildman–Crippen LogP) is 4.99. The highest BCUT2D eigenvalue weighted by atomic mass is 79.9. The summed E-state index contributed by atoms with van der Waals surface area (Å²) in [7, 11) is 0. The lowest BCUT2D eigenvalue weighted by Crippen LogP contribution is -2.07. The fraction of sp³-hybridized carbons (Fsp3) is 0.143. The molecule has 19 heavy (non-hydrogen) atoms. The zero-order chi connectivity index (χ0) is 13.8. The van der Waals surface area contributed by atoms with E-state index in [4.69, 9.17) is 28.9 Å². The van der Waals surface area contributed by atoms with Gasteiger partial charge in [0.05, 0.1) is 11.4 Å². The molecule has 0 aromatic heterocycles. The van der Waals surface area contributed by atoms with Crippen LogP contribution in [0.1, 0.15) is 5.56 Å². The summed E-state index contributed by atoms with van der Waals surface area (Å²) in [6, 6.07) is 11.3. The van der Waals surface area contributed by atoms with Crippen LogP contribution in [0.3, 0.4) is 0 Å². The van der Waals surface area contributed by atoms with E-state index < -0.39 is 0 Å². The highest BCUT2D eigenvalue weighted by Gasteiger charge is 2.03. The summed E-state index contributed by atoms with van der Waals surface area (Å²) >= 11 is 15.4. The average molecular weight is 360 g/mol. The summed E-state index contributed by atoms with van der Waals surface area (Å²) < 4.78 is 0.969. The summed E-state index contributed by atoms with van der Waals surface area (Å²) in [5.41, 5.74) is 8.62. The smallest absolute Gasteiger partial charge is 0.0574 e. The second-order valence-corrected chi connectivity index (χ2v) is 5.90. The molecular weight excluding hydrogens is 347 g/mol. The second-order valence-electron chi connectivity index (χ2n) is 4.14. The summed E-state index contributed by atoms with van der Waals surface area (Å²) in [4.78, 5) is 0. The number of halogens is 3. The Hall–Kier alpha value is -0.900. The Morgan fingerprint density at radius 1 is 1.11 bits per heavy atom. The fourth-order valence-corrected chi connectivity index (χ4v) is 2.63. The van der Waals surface area contributed by atoms with Crippen molar-refractivity contribution < 1.29 is 0 Å². The number of nitrogens with two attached hydrogens (primary N) is 1. The standard InChI is InChI=1S/C14H13BrCl2N2/c15-10-2-4-14(13(18)7-10)19-6-5-9-1-3-11(16)8-12(9)17/h1-4,7-8,19H,5-6,18H2. The molecule has 0 radical (unpaired) electrons. The number of hydrogen-bond acceptors (Lipinski definition) is 2. The first-order valence-electron chi connectivity index (χ1n) is 5.79. The normalized spacial score (nSPS) is 10.5. The molecule has 0 aliphatic heterocycles. The van der Waals surface area contributed by atoms with Crippen LogP contribution in [0.25, 0.3) is 0 Å². The molecule has 2 aromatic rings. The molecule has 0 spiro atoms. The van der Waals surface area contributed by atoms with Gasteiger partial charge in [0.2, 0.25) is 0 Å². The van der Waals surface area contributed by atoms with Crippen molar-refractivity contribution in [3.8, 4) is 0 Å². The van der Waals surface area contributed by atoms with Crippen molar-refractivity contribution in [3.63, 3.8) is 0 Å². The van der Waals surface area contributed by atoms with Gasteiger partial charge in [0.25, 0.3) is 0 Å². The van der Waals surface area contributed by atoms with Crippen LogP contribution in [0.2, 0.25) is 10.0 Å². The summed E-state index contributed by atoms with van der Waals surface area (Å²) in [5, 5.41) is 4.64. The fourth-order valence-electron chi connectivity index (χ4n) is 1.75. The quantitative estimate of drug-likeness (QED) is 0.754. The Labute approximate surface area is 131 Å². The largest absolute Gasteiger partial charge is 0.397 e. The van der Waals surface area contributed by atoms with Gasteiger partial charge >= 0.3 is 0 Å². The van der Waals surface area contributed by atoms with E-state index in [9.17, 15) is 0 Å². The summed E-state index contributed by atoms with van der Waals surface area (Å²) in [6.45, 7) is 0.757. The molecule has 0 amide bonds. The zero-order valence-electron chi connectivity index (χ0n) is 10.1. The van der Waals surface area contributed by atoms with Gasteiger partial charge in [-0.2, -0.15) is 0 Å². The molecule has 2 rings (SSSR count). The maximum absolute atomic E-state index is 6.12. The Balaban J connectivity index is 1.96. The van der Waals surface area contributed by atoms with Crippen molar-refractivity contribution in [2.75, 3.05) is 17.6 Å². The number of nitrogen functional groups attached to an aromatic ring is 1. The van der Waals surface area contributed by atoms with Crippen LogP contribution in [-0.4, -0.2) is 6.54 Å². The molecule has 0 unspecified atom stereocenters. The van der Waals surface area contributed by atoms with E-state index >= 15 is 0 Å². The van der Waals surface area contributed by atoms with E-state index in [1.165, 1.54) is 0 Å². The van der Waals surface area contributed by atoms with Gasteiger partial charge in [0.15, 0.2) is 0 Å². The Morgan fingerprint density at radius 2 is 1.89 bits per heavy atom. The lowest BCUT2D eigenvalue weighted by Gasteiger charge is -2.10. The van der Waals surface area contributed by atoms with E-state index in [1.807, 2.05) is 30.3 Å². The van der Waals surface area contributed by atoms with Gasteiger partial charge < -0.3 is 11.1 Å². The molecule has 0 saturated heterocycles. The number of benzene rings is 2. The summed E-state index contributed by atoms with van der Waals surface area (Å²) in [6.07, 6.45) is 0.811. The van der Waals surface area contributed by atoms with E-state index in [-0.39, 0.29) is 0 Å². The van der Waals surface area contributed by atoms with Crippen molar-refractivity contribution in [1.82, 2.24) is 0 Å². The number of anilines is 2. The van der Waals surface area contributed by atoms with Crippen molar-refractivity contribution in [1.29, 1.82) is 0 Å². The molecule has 5 heteroatoms. The third kappa shape index (κ3) is 4.03. The van der Waals surface area contributed by atoms with Crippen LogP contribution in [0, 0.1) is 0 Å². The van der Waals surface area contributed by atoms with Crippen LogP contribution in [0.15, 0.2) is 40.9 Å². The first kappa shape index (κ1) is 14.5. The molecule has 3 N–H and O–H groups in total. The van der Waals surface area contributed by atoms with Crippen LogP contribution in [0.5, 0.6) is 0 Å². The molecule has 0 saturated carbocycles. The number of hydrogen-bond donors (Lipinski definition) is 2. The summed E-state index contributed by atoms with van der Waals surface area (Å²) in [5.74, 6) is 0. The Morgan fingerprint density at radius 3 is 2.58 bits per heavy atom. The first-order chi connectivity index (χ1) is 9.06. The average Bonchev–Trinajstić information content (AvgIpc) is 2.34. The lowest BCUT2D eigenvalue weighted by molar-refractivity contribution is 1.02. The van der Waals surface area contributed by atoms with Crippen molar-refractivity contribution in [2.45, 2.75) is 6.42 Å². The minimum Gasteiger partial charge on any atom is -0.397 e. The minimum absolute atomic E-state index is 0.652. The van der Waals surface area contributed by atoms with Gasteiger partial charge in [0.1, 0.15) is 0 Å². The van der Waals surface area contributed by atoms with Crippen LogP contribution < -0.4 is 11.1 Å². The molecule has 0 aliphatic carbocycles. The molecule has 0 fully saturated rings. The highest BCUT2D eigenvalue weighted by molar-refractivity contribution is 9.10. The third-order valence-electron chi connectivity index (χ3n) is 2.74. The van der Waals surface area contributed by atoms with Gasteiger partial charge in [0, 0.05) is 21.1 Å². The van der Waals surface area contributed by atoms with Gasteiger partial charge in [-0.3, -0.25) is 0 Å². The Kier molecular flexibility index (Phi) is 4.97. The van der Waals surface area contributed by atoms with Gasteiger partial charge in [-0.05, 0) is 42.3 Å². The van der Waals surface area contributed by atoms with Crippen molar-refractivity contribution >= 4 is 50.5 Å². The number of rotatable bonds is 4. The van der Waals surface area contributed by atoms with Gasteiger partial charge in [-0.25, -0.2) is 0 Å². The molecule has 0 heterocycles. The van der Waals surface area contributed by atoms with E-state index in [1.54, 1.807) is 6.07 Å². The lowest BCUT2D eigenvalue weighted by atomic mass is 10.1. The van der Waals surface area contributed by atoms with Crippen LogP contribution in [0.4, 0.5) is 11.4 Å².